The average Bonchev–Trinajstić information content (AvgIpc) is 2.71. The molecule has 2 unspecified atom stereocenters. The van der Waals surface area contributed by atoms with Gasteiger partial charge in [0.25, 0.3) is 5.91 Å². The normalized spacial score (nSPS) is 29.4. The van der Waals surface area contributed by atoms with E-state index in [-0.39, 0.29) is 5.91 Å². The van der Waals surface area contributed by atoms with Crippen LogP contribution in [0.1, 0.15) is 30.8 Å². The van der Waals surface area contributed by atoms with Gasteiger partial charge in [0.2, 0.25) is 0 Å². The molecule has 0 spiro atoms. The maximum Gasteiger partial charge on any atom is 0.274 e. The molecular formula is C12H12N2O2S. The summed E-state index contributed by atoms with van der Waals surface area (Å²) in [4.78, 5) is 11.4. The summed E-state index contributed by atoms with van der Waals surface area (Å²) in [5.41, 5.74) is 0.430. The molecule has 5 heteroatoms. The summed E-state index contributed by atoms with van der Waals surface area (Å²) in [6.07, 6.45) is 2.86. The van der Waals surface area contributed by atoms with E-state index in [0.717, 1.165) is 5.76 Å². The van der Waals surface area contributed by atoms with Crippen molar-refractivity contribution in [3.63, 3.8) is 0 Å². The highest BCUT2D eigenvalue weighted by atomic mass is 32.1. The number of thiocarbonyl (C=S) groups is 1. The first-order chi connectivity index (χ1) is 8.13. The van der Waals surface area contributed by atoms with E-state index in [9.17, 15) is 4.79 Å². The van der Waals surface area contributed by atoms with Crippen LogP contribution < -0.4 is 10.6 Å². The molecular weight excluding hydrogens is 236 g/mol. The molecule has 1 saturated carbocycles. The zero-order valence-electron chi connectivity index (χ0n) is 9.32. The lowest BCUT2D eigenvalue weighted by Gasteiger charge is -1.93. The lowest BCUT2D eigenvalue weighted by Crippen LogP contribution is -2.21. The first kappa shape index (κ1) is 10.5. The van der Waals surface area contributed by atoms with Crippen LogP contribution >= 0.6 is 12.2 Å². The van der Waals surface area contributed by atoms with Crippen LogP contribution in [0, 0.1) is 5.92 Å². The van der Waals surface area contributed by atoms with Crippen LogP contribution in [0.5, 0.6) is 0 Å². The summed E-state index contributed by atoms with van der Waals surface area (Å²) in [5, 5.41) is 5.63. The van der Waals surface area contributed by atoms with Crippen molar-refractivity contribution >= 4 is 29.3 Å². The van der Waals surface area contributed by atoms with Crippen molar-refractivity contribution in [2.75, 3.05) is 0 Å². The summed E-state index contributed by atoms with van der Waals surface area (Å²) in [6.45, 7) is 2.20. The Balaban J connectivity index is 1.81. The molecule has 1 aliphatic heterocycles. The molecule has 2 heterocycles. The first-order valence-corrected chi connectivity index (χ1v) is 5.98. The van der Waals surface area contributed by atoms with Crippen molar-refractivity contribution in [2.45, 2.75) is 19.3 Å². The summed E-state index contributed by atoms with van der Waals surface area (Å²) in [5.74, 6) is 2.73. The average molecular weight is 248 g/mol. The van der Waals surface area contributed by atoms with Crippen molar-refractivity contribution in [1.29, 1.82) is 0 Å². The summed E-state index contributed by atoms with van der Waals surface area (Å²) in [6, 6.07) is 3.86. The topological polar surface area (TPSA) is 54.3 Å². The van der Waals surface area contributed by atoms with Gasteiger partial charge in [0.15, 0.2) is 5.11 Å². The zero-order valence-corrected chi connectivity index (χ0v) is 10.1. The number of hydrogen-bond acceptors (Lipinski definition) is 3. The number of nitrogens with one attached hydrogen (secondary N) is 2. The first-order valence-electron chi connectivity index (χ1n) is 5.57. The fourth-order valence-electron chi connectivity index (χ4n) is 1.99. The monoisotopic (exact) mass is 248 g/mol. The van der Waals surface area contributed by atoms with E-state index in [1.165, 1.54) is 6.42 Å². The van der Waals surface area contributed by atoms with Crippen LogP contribution in [0.3, 0.4) is 0 Å². The van der Waals surface area contributed by atoms with Crippen LogP contribution in [0.4, 0.5) is 0 Å². The molecule has 17 heavy (non-hydrogen) atoms. The van der Waals surface area contributed by atoms with Gasteiger partial charge < -0.3 is 9.73 Å². The smallest absolute Gasteiger partial charge is 0.274 e. The van der Waals surface area contributed by atoms with Crippen LogP contribution in [-0.2, 0) is 4.79 Å². The molecule has 1 aromatic rings. The molecule has 0 aromatic carbocycles. The van der Waals surface area contributed by atoms with Gasteiger partial charge in [-0.05, 0) is 36.7 Å². The van der Waals surface area contributed by atoms with Gasteiger partial charge in [-0.15, -0.1) is 0 Å². The highest BCUT2D eigenvalue weighted by Crippen LogP contribution is 2.47. The molecule has 2 atom stereocenters. The molecule has 2 aliphatic rings. The Morgan fingerprint density at radius 2 is 2.24 bits per heavy atom. The number of amides is 1. The lowest BCUT2D eigenvalue weighted by molar-refractivity contribution is -0.115. The Morgan fingerprint density at radius 1 is 1.47 bits per heavy atom. The summed E-state index contributed by atoms with van der Waals surface area (Å²) in [7, 11) is 0. The van der Waals surface area contributed by atoms with Gasteiger partial charge in [0.1, 0.15) is 17.2 Å². The SMILES string of the molecule is CC1CC1c1ccc(C=C2NC(=S)NC2=O)o1. The maximum atomic E-state index is 11.4. The molecule has 0 bridgehead atoms. The molecule has 3 rings (SSSR count). The standard InChI is InChI=1S/C12H12N2O2S/c1-6-4-8(6)10-3-2-7(16-10)5-9-11(15)14-12(17)13-9/h2-3,5-6,8H,4H2,1H3,(H2,13,14,15,17). The number of rotatable bonds is 2. The second-order valence-corrected chi connectivity index (χ2v) is 4.93. The summed E-state index contributed by atoms with van der Waals surface area (Å²) >= 11 is 4.85. The van der Waals surface area contributed by atoms with Gasteiger partial charge >= 0.3 is 0 Å². The Labute approximate surface area is 104 Å². The number of carbonyl (C=O) groups excluding carboxylic acids is 1. The highest BCUT2D eigenvalue weighted by molar-refractivity contribution is 7.80. The molecule has 1 saturated heterocycles. The third-order valence-electron chi connectivity index (χ3n) is 3.13. The fraction of sp³-hybridized carbons (Fsp3) is 0.333. The van der Waals surface area contributed by atoms with Crippen LogP contribution in [0.25, 0.3) is 6.08 Å². The van der Waals surface area contributed by atoms with Gasteiger partial charge in [0, 0.05) is 12.0 Å². The third-order valence-corrected chi connectivity index (χ3v) is 3.33. The van der Waals surface area contributed by atoms with E-state index >= 15 is 0 Å². The van der Waals surface area contributed by atoms with Gasteiger partial charge in [0.05, 0.1) is 0 Å². The minimum atomic E-state index is -0.215. The molecule has 2 N–H and O–H groups in total. The van der Waals surface area contributed by atoms with Crippen LogP contribution in [-0.4, -0.2) is 11.0 Å². The molecule has 1 amide bonds. The van der Waals surface area contributed by atoms with Crippen molar-refractivity contribution in [1.82, 2.24) is 10.6 Å². The molecule has 1 aliphatic carbocycles. The predicted molar refractivity (Wildman–Crippen MR) is 67.1 cm³/mol. The Hall–Kier alpha value is -1.62. The van der Waals surface area contributed by atoms with E-state index in [2.05, 4.69) is 17.6 Å². The van der Waals surface area contributed by atoms with Crippen molar-refractivity contribution < 1.29 is 9.21 Å². The van der Waals surface area contributed by atoms with E-state index < -0.39 is 0 Å². The maximum absolute atomic E-state index is 11.4. The van der Waals surface area contributed by atoms with Crippen molar-refractivity contribution in [3.05, 3.63) is 29.4 Å². The molecule has 4 nitrogen and oxygen atoms in total. The minimum absolute atomic E-state index is 0.215. The van der Waals surface area contributed by atoms with Gasteiger partial charge in [-0.2, -0.15) is 0 Å². The van der Waals surface area contributed by atoms with E-state index in [1.54, 1.807) is 6.08 Å². The van der Waals surface area contributed by atoms with Crippen molar-refractivity contribution in [3.8, 4) is 0 Å². The van der Waals surface area contributed by atoms with Crippen LogP contribution in [0.2, 0.25) is 0 Å². The predicted octanol–water partition coefficient (Wildman–Crippen LogP) is 1.75. The van der Waals surface area contributed by atoms with E-state index in [1.807, 2.05) is 12.1 Å². The van der Waals surface area contributed by atoms with Gasteiger partial charge in [-0.3, -0.25) is 10.1 Å². The second kappa shape index (κ2) is 3.70. The molecule has 2 fully saturated rings. The molecule has 0 radical (unpaired) electrons. The Kier molecular flexibility index (Phi) is 2.29. The van der Waals surface area contributed by atoms with Crippen LogP contribution in [0.15, 0.2) is 22.2 Å². The Bertz CT molecular complexity index is 532. The Morgan fingerprint density at radius 3 is 2.82 bits per heavy atom. The second-order valence-electron chi connectivity index (χ2n) is 4.53. The largest absolute Gasteiger partial charge is 0.461 e. The number of hydrogen-bond donors (Lipinski definition) is 2. The zero-order chi connectivity index (χ0) is 12.0. The minimum Gasteiger partial charge on any atom is -0.461 e. The van der Waals surface area contributed by atoms with Crippen molar-refractivity contribution in [2.24, 2.45) is 5.92 Å². The quantitative estimate of drug-likeness (QED) is 0.618. The molecule has 1 aromatic heterocycles. The van der Waals surface area contributed by atoms with E-state index in [4.69, 9.17) is 16.6 Å². The van der Waals surface area contributed by atoms with E-state index in [0.29, 0.717) is 28.4 Å². The molecule has 88 valence electrons. The number of furan rings is 1. The highest BCUT2D eigenvalue weighted by Gasteiger charge is 2.36. The van der Waals surface area contributed by atoms with Gasteiger partial charge in [-0.25, -0.2) is 0 Å². The number of carbonyl (C=O) groups is 1. The lowest BCUT2D eigenvalue weighted by atomic mass is 10.3. The summed E-state index contributed by atoms with van der Waals surface area (Å²) < 4.78 is 5.68. The fourth-order valence-corrected chi connectivity index (χ4v) is 2.19. The third kappa shape index (κ3) is 1.98. The van der Waals surface area contributed by atoms with Gasteiger partial charge in [-0.1, -0.05) is 6.92 Å².